The zero-order valence-corrected chi connectivity index (χ0v) is 34.5. The molecule has 3 aliphatic heterocycles. The maximum atomic E-state index is 2.64. The van der Waals surface area contributed by atoms with Gasteiger partial charge in [0.25, 0.3) is 0 Å². The lowest BCUT2D eigenvalue weighted by Gasteiger charge is -2.31. The first-order chi connectivity index (χ1) is 27.3. The fourth-order valence-corrected chi connectivity index (χ4v) is 14.3. The number of fused-ring (bicyclic) bond motifs is 8. The van der Waals surface area contributed by atoms with Gasteiger partial charge in [-0.25, -0.2) is 0 Å². The largest absolute Gasteiger partial charge is 0.372 e. The van der Waals surface area contributed by atoms with E-state index in [2.05, 4.69) is 158 Å². The Labute approximate surface area is 333 Å². The molecule has 0 spiro atoms. The molecule has 0 radical (unpaired) electrons. The lowest BCUT2D eigenvalue weighted by atomic mass is 9.80. The third kappa shape index (κ3) is 5.05. The number of hydrogen-bond donors (Lipinski definition) is 0. The Hall–Kier alpha value is -5.12. The first kappa shape index (κ1) is 34.2. The smallest absolute Gasteiger partial charge is 0.113 e. The molecule has 3 heteroatoms. The van der Waals surface area contributed by atoms with Gasteiger partial charge in [-0.05, 0) is 162 Å². The van der Waals surface area contributed by atoms with Crippen LogP contribution in [0.15, 0.2) is 121 Å². The summed E-state index contributed by atoms with van der Waals surface area (Å²) < 4.78 is 0. The minimum Gasteiger partial charge on any atom is -0.372 e. The Balaban J connectivity index is 1.22. The summed E-state index contributed by atoms with van der Waals surface area (Å²) in [6.45, 7) is 14.4. The first-order valence-electron chi connectivity index (χ1n) is 21.3. The molecule has 0 bridgehead atoms. The van der Waals surface area contributed by atoms with E-state index in [1.165, 1.54) is 127 Å². The summed E-state index contributed by atoms with van der Waals surface area (Å²) in [6.07, 6.45) is 7.73. The van der Waals surface area contributed by atoms with E-state index in [0.717, 1.165) is 26.2 Å². The molecule has 7 aromatic carbocycles. The quantitative estimate of drug-likeness (QED) is 0.131. The normalized spacial score (nSPS) is 17.9. The topological polar surface area (TPSA) is 6.48 Å². The van der Waals surface area contributed by atoms with Crippen LogP contribution in [0.1, 0.15) is 63.5 Å². The van der Waals surface area contributed by atoms with E-state index >= 15 is 0 Å². The van der Waals surface area contributed by atoms with Gasteiger partial charge in [0.2, 0.25) is 0 Å². The van der Waals surface area contributed by atoms with Gasteiger partial charge in [-0.3, -0.25) is 0 Å². The molecule has 0 aromatic heterocycles. The molecule has 0 N–H and O–H groups in total. The maximum absolute atomic E-state index is 2.64. The van der Waals surface area contributed by atoms with Crippen molar-refractivity contribution in [2.45, 2.75) is 70.9 Å². The Morgan fingerprint density at radius 3 is 1.59 bits per heavy atom. The highest BCUT2D eigenvalue weighted by atomic mass is 28.3. The number of benzene rings is 7. The Bertz CT molecular complexity index is 2720. The lowest BCUT2D eigenvalue weighted by molar-refractivity contribution is 0.578. The van der Waals surface area contributed by atoms with Gasteiger partial charge < -0.3 is 9.80 Å². The highest BCUT2D eigenvalue weighted by molar-refractivity contribution is 7.03. The van der Waals surface area contributed by atoms with Crippen molar-refractivity contribution >= 4 is 51.4 Å². The second kappa shape index (κ2) is 12.7. The van der Waals surface area contributed by atoms with Gasteiger partial charge in [0, 0.05) is 43.0 Å². The lowest BCUT2D eigenvalue weighted by Crippen LogP contribution is -2.49. The van der Waals surface area contributed by atoms with Crippen LogP contribution in [0.3, 0.4) is 0 Å². The van der Waals surface area contributed by atoms with Crippen LogP contribution >= 0.6 is 0 Å². The highest BCUT2D eigenvalue weighted by Crippen LogP contribution is 2.52. The van der Waals surface area contributed by atoms with Crippen molar-refractivity contribution in [1.29, 1.82) is 0 Å². The molecule has 0 saturated carbocycles. The van der Waals surface area contributed by atoms with Crippen molar-refractivity contribution in [2.24, 2.45) is 0 Å². The third-order valence-corrected chi connectivity index (χ3v) is 17.8. The zero-order valence-electron chi connectivity index (χ0n) is 33.5. The Morgan fingerprint density at radius 1 is 0.429 bits per heavy atom. The fourth-order valence-electron chi connectivity index (χ4n) is 11.3. The van der Waals surface area contributed by atoms with Crippen LogP contribution < -0.4 is 20.2 Å². The average molecular weight is 745 g/mol. The average Bonchev–Trinajstić information content (AvgIpc) is 3.61. The molecule has 0 amide bonds. The number of hydrogen-bond acceptors (Lipinski definition) is 2. The molecule has 2 nitrogen and oxygen atoms in total. The molecular weight excluding hydrogens is 693 g/mol. The van der Waals surface area contributed by atoms with Gasteiger partial charge in [0.1, 0.15) is 8.07 Å². The summed E-state index contributed by atoms with van der Waals surface area (Å²) in [5.41, 5.74) is 16.6. The van der Waals surface area contributed by atoms with E-state index in [4.69, 9.17) is 0 Å². The van der Waals surface area contributed by atoms with Crippen LogP contribution in [-0.2, 0) is 5.41 Å². The number of nitrogens with zero attached hydrogens (tertiary/aromatic N) is 2. The molecule has 4 aliphatic rings. The van der Waals surface area contributed by atoms with Gasteiger partial charge in [0.15, 0.2) is 0 Å². The first-order valence-corrected chi connectivity index (χ1v) is 24.3. The number of piperidine rings is 2. The van der Waals surface area contributed by atoms with Crippen molar-refractivity contribution < 1.29 is 0 Å². The van der Waals surface area contributed by atoms with E-state index in [1.54, 1.807) is 10.4 Å². The van der Waals surface area contributed by atoms with Crippen LogP contribution in [0.2, 0.25) is 13.1 Å². The van der Waals surface area contributed by atoms with Gasteiger partial charge in [-0.15, -0.1) is 0 Å². The molecule has 56 heavy (non-hydrogen) atoms. The van der Waals surface area contributed by atoms with Crippen LogP contribution in [0.4, 0.5) is 11.4 Å². The van der Waals surface area contributed by atoms with Gasteiger partial charge in [-0.2, -0.15) is 0 Å². The van der Waals surface area contributed by atoms with Crippen LogP contribution in [-0.4, -0.2) is 34.3 Å². The second-order valence-electron chi connectivity index (χ2n) is 18.2. The molecule has 7 aromatic rings. The van der Waals surface area contributed by atoms with Gasteiger partial charge >= 0.3 is 0 Å². The van der Waals surface area contributed by atoms with E-state index in [0.29, 0.717) is 0 Å². The summed E-state index contributed by atoms with van der Waals surface area (Å²) >= 11 is 0. The standard InChI is InChI=1S/C53H52N2Si/c1-53(2)47-17-9-7-15-39(47)40-23-19-36(32-48(40)53)52-43-25-22-37(54-27-11-5-12-28-54)33-45(43)51(42-24-21-38(34-46(42)52)55-29-13-6-14-30-55)35-20-26-50-44(31-35)41-16-8-10-18-49(41)56(50,3)4/h7-10,15-26,31-34H,5-6,11-14,27-30H2,1-4H3. The fraction of sp³-hybridized carbons (Fsp3) is 0.283. The molecule has 11 rings (SSSR count). The predicted octanol–water partition coefficient (Wildman–Crippen LogP) is 12.4. The van der Waals surface area contributed by atoms with Crippen molar-refractivity contribution in [3.63, 3.8) is 0 Å². The molecule has 278 valence electrons. The monoisotopic (exact) mass is 744 g/mol. The summed E-state index contributed by atoms with van der Waals surface area (Å²) in [5, 5.41) is 8.58. The Morgan fingerprint density at radius 2 is 0.946 bits per heavy atom. The molecule has 3 heterocycles. The minimum absolute atomic E-state index is 0.0638. The van der Waals surface area contributed by atoms with Crippen LogP contribution in [0, 0.1) is 0 Å². The molecule has 1 aliphatic carbocycles. The summed E-state index contributed by atoms with van der Waals surface area (Å²) in [5.74, 6) is 0. The van der Waals surface area contributed by atoms with Gasteiger partial charge in [0.05, 0.1) is 0 Å². The van der Waals surface area contributed by atoms with Gasteiger partial charge in [-0.1, -0.05) is 112 Å². The van der Waals surface area contributed by atoms with Crippen molar-refractivity contribution in [3.8, 4) is 44.5 Å². The highest BCUT2D eigenvalue weighted by Gasteiger charge is 2.38. The van der Waals surface area contributed by atoms with E-state index in [1.807, 2.05) is 0 Å². The second-order valence-corrected chi connectivity index (χ2v) is 22.5. The minimum atomic E-state index is -1.78. The van der Waals surface area contributed by atoms with Crippen molar-refractivity contribution in [3.05, 3.63) is 132 Å². The summed E-state index contributed by atoms with van der Waals surface area (Å²) in [4.78, 5) is 5.27. The molecule has 2 saturated heterocycles. The predicted molar refractivity (Wildman–Crippen MR) is 244 cm³/mol. The van der Waals surface area contributed by atoms with E-state index < -0.39 is 8.07 Å². The number of anilines is 2. The number of rotatable bonds is 4. The van der Waals surface area contributed by atoms with Crippen molar-refractivity contribution in [1.82, 2.24) is 0 Å². The summed E-state index contributed by atoms with van der Waals surface area (Å²) in [6, 6.07) is 48.1. The molecule has 0 atom stereocenters. The third-order valence-electron chi connectivity index (χ3n) is 14.3. The summed E-state index contributed by atoms with van der Waals surface area (Å²) in [7, 11) is -1.78. The maximum Gasteiger partial charge on any atom is 0.113 e. The molecule has 0 unspecified atom stereocenters. The van der Waals surface area contributed by atoms with Crippen LogP contribution in [0.25, 0.3) is 66.1 Å². The molecular formula is C53H52N2Si. The SMILES string of the molecule is CC1(C)c2ccccc2-c2ccc(-c3c4ccc(N5CCCCC5)cc4c(-c4ccc5c(c4)-c4ccccc4[Si]5(C)C)c4ccc(N5CCCCC5)cc34)cc21. The zero-order chi connectivity index (χ0) is 37.8. The van der Waals surface area contributed by atoms with E-state index in [9.17, 15) is 0 Å². The Kier molecular flexibility index (Phi) is 7.74. The van der Waals surface area contributed by atoms with E-state index in [-0.39, 0.29) is 5.41 Å². The van der Waals surface area contributed by atoms with Crippen LogP contribution in [0.5, 0.6) is 0 Å². The van der Waals surface area contributed by atoms with Crippen molar-refractivity contribution in [2.75, 3.05) is 36.0 Å². The molecule has 2 fully saturated rings.